The lowest BCUT2D eigenvalue weighted by atomic mass is 10.0. The Kier molecular flexibility index (Phi) is 5.82. The number of thioether (sulfide) groups is 1. The fourth-order valence-electron chi connectivity index (χ4n) is 2.47. The van der Waals surface area contributed by atoms with Gasteiger partial charge in [-0.3, -0.25) is 0 Å². The lowest BCUT2D eigenvalue weighted by molar-refractivity contribution is 0.493. The molecule has 0 fully saturated rings. The molecule has 5 heteroatoms. The van der Waals surface area contributed by atoms with Crippen molar-refractivity contribution in [1.29, 1.82) is 0 Å². The zero-order chi connectivity index (χ0) is 15.1. The molecule has 0 aliphatic heterocycles. The Morgan fingerprint density at radius 3 is 2.48 bits per heavy atom. The molecule has 0 amide bonds. The molecule has 0 unspecified atom stereocenters. The lowest BCUT2D eigenvalue weighted by Gasteiger charge is -2.29. The van der Waals surface area contributed by atoms with Crippen LogP contribution in [0.2, 0.25) is 0 Å². The third-order valence-corrected chi connectivity index (χ3v) is 5.72. The van der Waals surface area contributed by atoms with Crippen LogP contribution in [0.3, 0.4) is 0 Å². The highest BCUT2D eigenvalue weighted by Crippen LogP contribution is 2.29. The third kappa shape index (κ3) is 3.86. The number of rotatable bonds is 8. The summed E-state index contributed by atoms with van der Waals surface area (Å²) in [6.07, 6.45) is 4.53. The summed E-state index contributed by atoms with van der Waals surface area (Å²) < 4.78 is 0.316. The molecule has 0 aliphatic carbocycles. The molecule has 0 radical (unpaired) electrons. The van der Waals surface area contributed by atoms with Gasteiger partial charge in [0.15, 0.2) is 0 Å². The maximum Gasteiger partial charge on any atom is 0.117 e. The van der Waals surface area contributed by atoms with Gasteiger partial charge in [0.05, 0.1) is 0 Å². The van der Waals surface area contributed by atoms with Crippen LogP contribution in [0, 0.1) is 0 Å². The molecule has 0 bridgehead atoms. The first-order chi connectivity index (χ1) is 10.2. The monoisotopic (exact) mass is 304 g/mol. The lowest BCUT2D eigenvalue weighted by Crippen LogP contribution is -2.36. The molecule has 1 aromatic heterocycles. The Labute approximate surface area is 131 Å². The molecule has 0 saturated carbocycles. The van der Waals surface area contributed by atoms with Gasteiger partial charge in [0, 0.05) is 23.4 Å². The van der Waals surface area contributed by atoms with Crippen molar-refractivity contribution >= 4 is 11.8 Å². The van der Waals surface area contributed by atoms with Crippen molar-refractivity contribution in [3.63, 3.8) is 0 Å². The summed E-state index contributed by atoms with van der Waals surface area (Å²) in [6, 6.07) is 10.2. The van der Waals surface area contributed by atoms with E-state index in [2.05, 4.69) is 53.0 Å². The number of aromatic nitrogens is 3. The van der Waals surface area contributed by atoms with Gasteiger partial charge in [0.1, 0.15) is 11.4 Å². The van der Waals surface area contributed by atoms with Crippen molar-refractivity contribution in [3.8, 4) is 11.3 Å². The summed E-state index contributed by atoms with van der Waals surface area (Å²) in [5, 5.41) is 14.9. The zero-order valence-electron chi connectivity index (χ0n) is 13.0. The average Bonchev–Trinajstić information content (AvgIpc) is 3.01. The van der Waals surface area contributed by atoms with Gasteiger partial charge in [-0.2, -0.15) is 27.2 Å². The van der Waals surface area contributed by atoms with E-state index in [4.69, 9.17) is 0 Å². The molecule has 2 rings (SSSR count). The van der Waals surface area contributed by atoms with Gasteiger partial charge in [-0.05, 0) is 19.1 Å². The predicted molar refractivity (Wildman–Crippen MR) is 90.4 cm³/mol. The first-order valence-corrected chi connectivity index (χ1v) is 8.68. The highest BCUT2D eigenvalue weighted by Gasteiger charge is 2.24. The summed E-state index contributed by atoms with van der Waals surface area (Å²) in [7, 11) is 0. The number of aromatic amines is 1. The standard InChI is InChI=1S/C16H24N4S/c1-4-16(5-2,21-3)12-17-11-14-15(19-20-18-14)13-9-7-6-8-10-13/h6-10,17H,4-5,11-12H2,1-3H3,(H,18,19,20). The SMILES string of the molecule is CCC(CC)(CNCc1n[nH]nc1-c1ccccc1)SC. The van der Waals surface area contributed by atoms with Crippen molar-refractivity contribution in [2.75, 3.05) is 12.8 Å². The molecule has 1 aromatic carbocycles. The maximum absolute atomic E-state index is 4.28. The van der Waals surface area contributed by atoms with E-state index in [1.807, 2.05) is 30.0 Å². The highest BCUT2D eigenvalue weighted by atomic mass is 32.2. The Hall–Kier alpha value is -1.33. The van der Waals surface area contributed by atoms with E-state index in [9.17, 15) is 0 Å². The molecular weight excluding hydrogens is 280 g/mol. The van der Waals surface area contributed by atoms with Crippen LogP contribution in [-0.4, -0.2) is 33.0 Å². The summed E-state index contributed by atoms with van der Waals surface area (Å²) in [5.41, 5.74) is 3.01. The first kappa shape index (κ1) is 16.0. The molecular formula is C16H24N4S. The van der Waals surface area contributed by atoms with Gasteiger partial charge in [-0.25, -0.2) is 0 Å². The average molecular weight is 304 g/mol. The molecule has 0 spiro atoms. The largest absolute Gasteiger partial charge is 0.310 e. The quantitative estimate of drug-likeness (QED) is 0.784. The predicted octanol–water partition coefficient (Wildman–Crippen LogP) is 3.48. The van der Waals surface area contributed by atoms with Gasteiger partial charge in [0.25, 0.3) is 0 Å². The van der Waals surface area contributed by atoms with Crippen molar-refractivity contribution in [3.05, 3.63) is 36.0 Å². The van der Waals surface area contributed by atoms with Gasteiger partial charge in [0.2, 0.25) is 0 Å². The van der Waals surface area contributed by atoms with Crippen LogP contribution in [0.1, 0.15) is 32.4 Å². The minimum Gasteiger partial charge on any atom is -0.310 e. The number of H-pyrrole nitrogens is 1. The zero-order valence-corrected chi connectivity index (χ0v) is 13.8. The number of hydrogen-bond acceptors (Lipinski definition) is 4. The highest BCUT2D eigenvalue weighted by molar-refractivity contribution is 8.00. The Morgan fingerprint density at radius 1 is 1.14 bits per heavy atom. The minimum absolute atomic E-state index is 0.316. The van der Waals surface area contributed by atoms with E-state index in [1.165, 1.54) is 12.8 Å². The number of nitrogens with one attached hydrogen (secondary N) is 2. The summed E-state index contributed by atoms with van der Waals surface area (Å²) in [4.78, 5) is 0. The van der Waals surface area contributed by atoms with E-state index >= 15 is 0 Å². The molecule has 2 N–H and O–H groups in total. The fourth-order valence-corrected chi connectivity index (χ4v) is 3.30. The number of hydrogen-bond donors (Lipinski definition) is 2. The second kappa shape index (κ2) is 7.61. The number of nitrogens with zero attached hydrogens (tertiary/aromatic N) is 2. The van der Waals surface area contributed by atoms with Crippen LogP contribution in [0.4, 0.5) is 0 Å². The number of benzene rings is 1. The van der Waals surface area contributed by atoms with Gasteiger partial charge < -0.3 is 5.32 Å². The van der Waals surface area contributed by atoms with Crippen LogP contribution in [0.5, 0.6) is 0 Å². The maximum atomic E-state index is 4.28. The Bertz CT molecular complexity index is 526. The van der Waals surface area contributed by atoms with Crippen LogP contribution < -0.4 is 5.32 Å². The Balaban J connectivity index is 2.01. The summed E-state index contributed by atoms with van der Waals surface area (Å²) >= 11 is 1.95. The normalized spacial score (nSPS) is 11.8. The molecule has 0 aliphatic rings. The van der Waals surface area contributed by atoms with Gasteiger partial charge in [-0.1, -0.05) is 44.2 Å². The van der Waals surface area contributed by atoms with E-state index < -0.39 is 0 Å². The molecule has 1 heterocycles. The summed E-state index contributed by atoms with van der Waals surface area (Å²) in [5.74, 6) is 0. The first-order valence-electron chi connectivity index (χ1n) is 7.45. The minimum atomic E-state index is 0.316. The molecule has 2 aromatic rings. The van der Waals surface area contributed by atoms with E-state index in [0.717, 1.165) is 30.0 Å². The van der Waals surface area contributed by atoms with E-state index in [-0.39, 0.29) is 0 Å². The smallest absolute Gasteiger partial charge is 0.117 e. The van der Waals surface area contributed by atoms with Crippen LogP contribution >= 0.6 is 11.8 Å². The molecule has 0 saturated heterocycles. The van der Waals surface area contributed by atoms with Crippen LogP contribution in [0.15, 0.2) is 30.3 Å². The topological polar surface area (TPSA) is 53.6 Å². The van der Waals surface area contributed by atoms with Crippen LogP contribution in [-0.2, 0) is 6.54 Å². The van der Waals surface area contributed by atoms with E-state index in [0.29, 0.717) is 4.75 Å². The van der Waals surface area contributed by atoms with Crippen molar-refractivity contribution in [2.24, 2.45) is 0 Å². The molecule has 0 atom stereocenters. The molecule has 114 valence electrons. The van der Waals surface area contributed by atoms with Crippen LogP contribution in [0.25, 0.3) is 11.3 Å². The fraction of sp³-hybridized carbons (Fsp3) is 0.500. The molecule has 4 nitrogen and oxygen atoms in total. The van der Waals surface area contributed by atoms with Crippen molar-refractivity contribution in [2.45, 2.75) is 38.0 Å². The van der Waals surface area contributed by atoms with Crippen molar-refractivity contribution < 1.29 is 0 Å². The Morgan fingerprint density at radius 2 is 1.86 bits per heavy atom. The second-order valence-corrected chi connectivity index (χ2v) is 6.46. The summed E-state index contributed by atoms with van der Waals surface area (Å²) in [6.45, 7) is 6.24. The third-order valence-electron chi connectivity index (χ3n) is 4.13. The van der Waals surface area contributed by atoms with E-state index in [1.54, 1.807) is 0 Å². The van der Waals surface area contributed by atoms with Crippen molar-refractivity contribution in [1.82, 2.24) is 20.7 Å². The van der Waals surface area contributed by atoms with Gasteiger partial charge in [-0.15, -0.1) is 0 Å². The van der Waals surface area contributed by atoms with Gasteiger partial charge >= 0.3 is 0 Å². The molecule has 21 heavy (non-hydrogen) atoms. The second-order valence-electron chi connectivity index (χ2n) is 5.18.